The summed E-state index contributed by atoms with van der Waals surface area (Å²) in [5, 5.41) is 38.0. The van der Waals surface area contributed by atoms with Crippen molar-refractivity contribution in [2.24, 2.45) is 11.7 Å². The number of benzene rings is 1. The molecule has 0 aliphatic carbocycles. The Morgan fingerprint density at radius 2 is 1.25 bits per heavy atom. The predicted octanol–water partition coefficient (Wildman–Crippen LogP) is -1.31. The Labute approximate surface area is 381 Å². The van der Waals surface area contributed by atoms with Crippen molar-refractivity contribution in [2.75, 3.05) is 78.8 Å². The molecule has 0 radical (unpaired) electrons. The molecular formula is C42H71ClN10O11. The Balaban J connectivity index is 2.59. The Hall–Kier alpha value is -5.09. The highest BCUT2D eigenvalue weighted by Crippen LogP contribution is 2.08. The van der Waals surface area contributed by atoms with Gasteiger partial charge in [-0.05, 0) is 37.2 Å². The number of alkyl halides is 1. The van der Waals surface area contributed by atoms with Crippen LogP contribution in [0.4, 0.5) is 0 Å². The Morgan fingerprint density at radius 1 is 0.656 bits per heavy atom. The number of ether oxygens (including phenoxy) is 3. The van der Waals surface area contributed by atoms with Gasteiger partial charge in [0.05, 0.1) is 33.0 Å². The van der Waals surface area contributed by atoms with Crippen LogP contribution in [0, 0.1) is 11.3 Å². The normalized spacial score (nSPS) is 12.8. The molecule has 0 aliphatic heterocycles. The summed E-state index contributed by atoms with van der Waals surface area (Å²) >= 11 is 5.66. The van der Waals surface area contributed by atoms with Gasteiger partial charge in [0.2, 0.25) is 41.4 Å². The predicted molar refractivity (Wildman–Crippen MR) is 240 cm³/mol. The Bertz CT molecular complexity index is 1560. The first kappa shape index (κ1) is 56.9. The number of amides is 7. The number of unbranched alkanes of at least 4 members (excludes halogenated alkanes) is 3. The molecule has 22 heteroatoms. The molecule has 0 saturated carbocycles. The Kier molecular flexibility index (Phi) is 31.4. The third-order valence-corrected chi connectivity index (χ3v) is 9.62. The average molecular weight is 928 g/mol. The smallest absolute Gasteiger partial charge is 0.246 e. The van der Waals surface area contributed by atoms with Gasteiger partial charge in [-0.2, -0.15) is 0 Å². The van der Waals surface area contributed by atoms with E-state index in [9.17, 15) is 38.7 Å². The number of nitrogens with one attached hydrogen (secondary N) is 9. The zero-order valence-corrected chi connectivity index (χ0v) is 38.2. The van der Waals surface area contributed by atoms with E-state index in [1.54, 1.807) is 38.1 Å². The maximum absolute atomic E-state index is 13.6. The molecule has 21 nitrogen and oxygen atoms in total. The van der Waals surface area contributed by atoms with Crippen molar-refractivity contribution in [3.63, 3.8) is 0 Å². The van der Waals surface area contributed by atoms with E-state index >= 15 is 0 Å². The molecule has 0 saturated heterocycles. The van der Waals surface area contributed by atoms with E-state index in [1.165, 1.54) is 7.05 Å². The molecule has 7 amide bonds. The van der Waals surface area contributed by atoms with E-state index in [1.807, 2.05) is 6.07 Å². The minimum Gasteiger partial charge on any atom is -0.394 e. The third-order valence-electron chi connectivity index (χ3n) is 9.35. The lowest BCUT2D eigenvalue weighted by atomic mass is 10.0. The fourth-order valence-corrected chi connectivity index (χ4v) is 6.04. The van der Waals surface area contributed by atoms with Crippen LogP contribution >= 0.6 is 11.6 Å². The van der Waals surface area contributed by atoms with Gasteiger partial charge < -0.3 is 67.6 Å². The van der Waals surface area contributed by atoms with E-state index in [4.69, 9.17) is 37.0 Å². The SMILES string of the molecule is CNC(=O)[C@H](Cc1ccccc1)NC(=O)[C@H](CO)NC(=O)[C@@H](NC(=O)[C@H](CCCNC(=N)N)NC(=O)COCCNC(=O)CCC(=O)NCCOCCOCCCCCCCl)C(C)C. The zero-order chi connectivity index (χ0) is 47.5. The maximum Gasteiger partial charge on any atom is 0.246 e. The largest absolute Gasteiger partial charge is 0.394 e. The molecule has 0 heterocycles. The molecular weight excluding hydrogens is 856 g/mol. The van der Waals surface area contributed by atoms with Gasteiger partial charge in [-0.1, -0.05) is 57.0 Å². The summed E-state index contributed by atoms with van der Waals surface area (Å²) in [6.45, 7) is 4.38. The summed E-state index contributed by atoms with van der Waals surface area (Å²) in [4.78, 5) is 90.0. The van der Waals surface area contributed by atoms with Gasteiger partial charge >= 0.3 is 0 Å². The molecule has 0 aromatic heterocycles. The van der Waals surface area contributed by atoms with Crippen molar-refractivity contribution in [3.8, 4) is 0 Å². The van der Waals surface area contributed by atoms with Crippen molar-refractivity contribution >= 4 is 58.9 Å². The van der Waals surface area contributed by atoms with Crippen LogP contribution in [0.3, 0.4) is 0 Å². The lowest BCUT2D eigenvalue weighted by Crippen LogP contribution is -2.60. The fraction of sp³-hybridized carbons (Fsp3) is 0.667. The molecule has 64 heavy (non-hydrogen) atoms. The van der Waals surface area contributed by atoms with Crippen molar-refractivity contribution in [2.45, 2.75) is 95.8 Å². The molecule has 0 unspecified atom stereocenters. The van der Waals surface area contributed by atoms with E-state index in [0.717, 1.165) is 31.2 Å². The van der Waals surface area contributed by atoms with Crippen LogP contribution in [0.5, 0.6) is 0 Å². The standard InChI is InChI=1S/C42H71ClN10O11/c1-29(2)37(41(61)52-33(27-54)40(60)51-32(38(58)46-3)26-30-12-7-6-8-13-30)53-39(59)31(14-11-18-49-42(44)45)50-36(57)28-64-23-20-48-35(56)16-15-34(55)47-19-22-63-25-24-62-21-10-5-4-9-17-43/h6-8,12-13,29,31-33,37,54H,4-5,9-11,14-28H2,1-3H3,(H,46,58)(H,47,55)(H,48,56)(H,50,57)(H,51,60)(H,52,61)(H,53,59)(H4,44,45,49)/t31-,32-,33-,37-/m0/s1. The number of carbonyl (C=O) groups is 7. The number of hydrogen-bond acceptors (Lipinski definition) is 12. The lowest BCUT2D eigenvalue weighted by Gasteiger charge is -2.27. The van der Waals surface area contributed by atoms with Gasteiger partial charge in [-0.3, -0.25) is 39.0 Å². The van der Waals surface area contributed by atoms with Crippen LogP contribution in [0.15, 0.2) is 30.3 Å². The minimum absolute atomic E-state index is 0.0290. The third kappa shape index (κ3) is 27.2. The quantitative estimate of drug-likeness (QED) is 0.0161. The number of rotatable bonds is 36. The van der Waals surface area contributed by atoms with Crippen molar-refractivity contribution < 1.29 is 52.9 Å². The highest BCUT2D eigenvalue weighted by Gasteiger charge is 2.32. The van der Waals surface area contributed by atoms with Gasteiger partial charge in [-0.15, -0.1) is 11.6 Å². The van der Waals surface area contributed by atoms with Gasteiger partial charge in [0, 0.05) is 58.4 Å². The first-order valence-corrected chi connectivity index (χ1v) is 22.2. The summed E-state index contributed by atoms with van der Waals surface area (Å²) in [6.07, 6.45) is 4.56. The second kappa shape index (κ2) is 35.3. The number of nitrogens with two attached hydrogens (primary N) is 1. The molecule has 1 aromatic carbocycles. The molecule has 0 bridgehead atoms. The second-order valence-electron chi connectivity index (χ2n) is 15.0. The van der Waals surface area contributed by atoms with Crippen LogP contribution in [0.1, 0.15) is 70.8 Å². The summed E-state index contributed by atoms with van der Waals surface area (Å²) < 4.78 is 16.3. The number of aliphatic hydroxyl groups excluding tert-OH is 1. The van der Waals surface area contributed by atoms with Crippen LogP contribution in [-0.2, 0) is 54.2 Å². The minimum atomic E-state index is -1.47. The number of guanidine groups is 1. The summed E-state index contributed by atoms with van der Waals surface area (Å²) in [6, 6.07) is 4.08. The second-order valence-corrected chi connectivity index (χ2v) is 15.4. The van der Waals surface area contributed by atoms with Crippen LogP contribution in [0.25, 0.3) is 0 Å². The molecule has 362 valence electrons. The highest BCUT2D eigenvalue weighted by atomic mass is 35.5. The average Bonchev–Trinajstić information content (AvgIpc) is 3.27. The monoisotopic (exact) mass is 926 g/mol. The number of carbonyl (C=O) groups excluding carboxylic acids is 7. The number of likely N-dealkylation sites (N-methyl/N-ethyl adjacent to an activating group) is 1. The van der Waals surface area contributed by atoms with Gasteiger partial charge in [0.25, 0.3) is 0 Å². The first-order valence-electron chi connectivity index (χ1n) is 21.7. The van der Waals surface area contributed by atoms with Crippen LogP contribution in [0.2, 0.25) is 0 Å². The number of aliphatic hydroxyl groups is 1. The van der Waals surface area contributed by atoms with Crippen LogP contribution in [-0.4, -0.2) is 155 Å². The highest BCUT2D eigenvalue weighted by molar-refractivity contribution is 6.17. The van der Waals surface area contributed by atoms with E-state index in [2.05, 4.69) is 42.5 Å². The van der Waals surface area contributed by atoms with E-state index < -0.39 is 72.8 Å². The van der Waals surface area contributed by atoms with Gasteiger partial charge in [0.1, 0.15) is 30.8 Å². The number of hydrogen-bond donors (Lipinski definition) is 11. The molecule has 0 spiro atoms. The topological polar surface area (TPSA) is 314 Å². The van der Waals surface area contributed by atoms with Gasteiger partial charge in [-0.25, -0.2) is 0 Å². The maximum atomic E-state index is 13.6. The first-order chi connectivity index (χ1) is 30.7. The molecule has 0 aliphatic rings. The fourth-order valence-electron chi connectivity index (χ4n) is 5.85. The Morgan fingerprint density at radius 3 is 1.84 bits per heavy atom. The summed E-state index contributed by atoms with van der Waals surface area (Å²) in [5.41, 5.74) is 6.13. The summed E-state index contributed by atoms with van der Waals surface area (Å²) in [7, 11) is 1.42. The molecule has 12 N–H and O–H groups in total. The van der Waals surface area contributed by atoms with Gasteiger partial charge in [0.15, 0.2) is 5.96 Å². The zero-order valence-electron chi connectivity index (χ0n) is 37.4. The van der Waals surface area contributed by atoms with Crippen molar-refractivity contribution in [1.29, 1.82) is 5.41 Å². The van der Waals surface area contributed by atoms with E-state index in [0.29, 0.717) is 38.9 Å². The van der Waals surface area contributed by atoms with Crippen molar-refractivity contribution in [1.82, 2.24) is 42.5 Å². The molecule has 4 atom stereocenters. The summed E-state index contributed by atoms with van der Waals surface area (Å²) in [5.74, 6) is -4.33. The van der Waals surface area contributed by atoms with Crippen LogP contribution < -0.4 is 48.3 Å². The molecule has 0 fully saturated rings. The molecule has 1 aromatic rings. The van der Waals surface area contributed by atoms with E-state index in [-0.39, 0.29) is 69.6 Å². The van der Waals surface area contributed by atoms with Crippen molar-refractivity contribution in [3.05, 3.63) is 35.9 Å². The number of halogens is 1. The lowest BCUT2D eigenvalue weighted by molar-refractivity contribution is -0.136. The molecule has 1 rings (SSSR count).